The molecule has 21 heavy (non-hydrogen) atoms. The molecule has 0 aliphatic heterocycles. The number of halogens is 1. The molecule has 0 saturated heterocycles. The van der Waals surface area contributed by atoms with Crippen LogP contribution >= 0.6 is 10.7 Å². The summed E-state index contributed by atoms with van der Waals surface area (Å²) in [7, 11) is 3.02. The van der Waals surface area contributed by atoms with Gasteiger partial charge < -0.3 is 14.6 Å². The van der Waals surface area contributed by atoms with Gasteiger partial charge in [-0.2, -0.15) is 0 Å². The number of hydrogen-bond donors (Lipinski definition) is 1. The summed E-state index contributed by atoms with van der Waals surface area (Å²) in [6.07, 6.45) is 3.36. The van der Waals surface area contributed by atoms with Crippen LogP contribution in [0.5, 0.6) is 0 Å². The van der Waals surface area contributed by atoms with Gasteiger partial charge in [0.2, 0.25) is 0 Å². The van der Waals surface area contributed by atoms with Gasteiger partial charge in [0, 0.05) is 36.6 Å². The molecule has 1 aromatic rings. The van der Waals surface area contributed by atoms with Crippen LogP contribution in [0.1, 0.15) is 30.3 Å². The molecule has 0 spiro atoms. The van der Waals surface area contributed by atoms with E-state index in [9.17, 15) is 13.2 Å². The zero-order valence-corrected chi connectivity index (χ0v) is 13.6. The van der Waals surface area contributed by atoms with Crippen molar-refractivity contribution in [2.45, 2.75) is 37.2 Å². The first-order valence-electron chi connectivity index (χ1n) is 6.81. The van der Waals surface area contributed by atoms with Gasteiger partial charge in [0.15, 0.2) is 0 Å². The van der Waals surface area contributed by atoms with Crippen LogP contribution in [0.2, 0.25) is 0 Å². The number of nitrogens with zero attached hydrogens (tertiary/aromatic N) is 1. The number of rotatable bonds is 7. The van der Waals surface area contributed by atoms with Crippen LogP contribution in [0.3, 0.4) is 0 Å². The third-order valence-corrected chi connectivity index (χ3v) is 5.01. The van der Waals surface area contributed by atoms with Gasteiger partial charge >= 0.3 is 0 Å². The molecule has 2 rings (SSSR count). The minimum absolute atomic E-state index is 0.0757. The minimum Gasteiger partial charge on any atom is -0.383 e. The molecule has 2 unspecified atom stereocenters. The van der Waals surface area contributed by atoms with E-state index in [2.05, 4.69) is 12.2 Å². The lowest BCUT2D eigenvalue weighted by Crippen LogP contribution is -2.29. The van der Waals surface area contributed by atoms with Crippen LogP contribution in [0, 0.1) is 5.92 Å². The molecule has 2 atom stereocenters. The Bertz CT molecular complexity index is 626. The molecule has 1 N–H and O–H groups in total. The average Bonchev–Trinajstić information content (AvgIpc) is 3.00. The fraction of sp³-hybridized carbons (Fsp3) is 0.615. The van der Waals surface area contributed by atoms with Crippen molar-refractivity contribution >= 4 is 25.6 Å². The third-order valence-electron chi connectivity index (χ3n) is 3.69. The van der Waals surface area contributed by atoms with E-state index < -0.39 is 9.05 Å². The molecule has 1 aliphatic carbocycles. The van der Waals surface area contributed by atoms with E-state index >= 15 is 0 Å². The summed E-state index contributed by atoms with van der Waals surface area (Å²) in [6, 6.07) is 1.49. The number of aromatic nitrogens is 1. The predicted octanol–water partition coefficient (Wildman–Crippen LogP) is 1.59. The number of nitrogens with one attached hydrogen (secondary N) is 1. The van der Waals surface area contributed by atoms with Gasteiger partial charge in [-0.05, 0) is 18.4 Å². The Morgan fingerprint density at radius 1 is 1.57 bits per heavy atom. The van der Waals surface area contributed by atoms with Gasteiger partial charge in [0.1, 0.15) is 10.6 Å². The Labute approximate surface area is 128 Å². The molecule has 1 fully saturated rings. The lowest BCUT2D eigenvalue weighted by atomic mass is 10.3. The topological polar surface area (TPSA) is 77.4 Å². The van der Waals surface area contributed by atoms with E-state index in [-0.39, 0.29) is 22.5 Å². The summed E-state index contributed by atoms with van der Waals surface area (Å²) < 4.78 is 29.4. The van der Waals surface area contributed by atoms with Gasteiger partial charge in [-0.15, -0.1) is 0 Å². The standard InChI is InChI=1S/C13H19ClN2O4S/c1-3-9-6-11(9)15-13(17)12-7-10(21(14,18)19)8-16(12)4-5-20-2/h7-9,11H,3-6H2,1-2H3,(H,15,17). The lowest BCUT2D eigenvalue weighted by Gasteiger charge is -2.08. The highest BCUT2D eigenvalue weighted by molar-refractivity contribution is 8.13. The van der Waals surface area contributed by atoms with Crippen LogP contribution in [0.4, 0.5) is 0 Å². The third kappa shape index (κ3) is 3.99. The van der Waals surface area contributed by atoms with E-state index in [1.807, 2.05) is 0 Å². The van der Waals surface area contributed by atoms with E-state index in [1.165, 1.54) is 12.3 Å². The van der Waals surface area contributed by atoms with Crippen LogP contribution in [-0.2, 0) is 20.3 Å². The minimum atomic E-state index is -3.86. The summed E-state index contributed by atoms with van der Waals surface area (Å²) in [5, 5.41) is 2.91. The number of carbonyl (C=O) groups is 1. The SMILES string of the molecule is CCC1CC1NC(=O)c1cc(S(=O)(=O)Cl)cn1CCOC. The Morgan fingerprint density at radius 2 is 2.29 bits per heavy atom. The molecule has 1 aromatic heterocycles. The quantitative estimate of drug-likeness (QED) is 0.768. The molecule has 1 heterocycles. The number of amides is 1. The lowest BCUT2D eigenvalue weighted by molar-refractivity contribution is 0.0937. The van der Waals surface area contributed by atoms with Crippen molar-refractivity contribution in [1.82, 2.24) is 9.88 Å². The summed E-state index contributed by atoms with van der Waals surface area (Å²) in [4.78, 5) is 12.2. The molecule has 0 bridgehead atoms. The van der Waals surface area contributed by atoms with Crippen LogP contribution < -0.4 is 5.32 Å². The van der Waals surface area contributed by atoms with Crippen molar-refractivity contribution in [3.05, 3.63) is 18.0 Å². The summed E-state index contributed by atoms with van der Waals surface area (Å²) in [5.74, 6) is 0.242. The highest BCUT2D eigenvalue weighted by Crippen LogP contribution is 2.33. The van der Waals surface area contributed by atoms with E-state index in [0.717, 1.165) is 12.8 Å². The first-order valence-corrected chi connectivity index (χ1v) is 9.12. The monoisotopic (exact) mass is 334 g/mol. The van der Waals surface area contributed by atoms with Gasteiger partial charge in [0.05, 0.1) is 6.61 Å². The molecule has 1 aliphatic rings. The van der Waals surface area contributed by atoms with E-state index in [0.29, 0.717) is 19.1 Å². The van der Waals surface area contributed by atoms with Crippen molar-refractivity contribution < 1.29 is 17.9 Å². The second kappa shape index (κ2) is 6.37. The zero-order chi connectivity index (χ0) is 15.6. The predicted molar refractivity (Wildman–Crippen MR) is 79.0 cm³/mol. The van der Waals surface area contributed by atoms with Crippen molar-refractivity contribution in [2.24, 2.45) is 5.92 Å². The van der Waals surface area contributed by atoms with Gasteiger partial charge in [-0.1, -0.05) is 13.3 Å². The summed E-state index contributed by atoms with van der Waals surface area (Å²) >= 11 is 0. The van der Waals surface area contributed by atoms with Crippen molar-refractivity contribution in [3.8, 4) is 0 Å². The molecular weight excluding hydrogens is 316 g/mol. The summed E-state index contributed by atoms with van der Waals surface area (Å²) in [5.41, 5.74) is 0.285. The maximum atomic E-state index is 12.3. The molecule has 0 radical (unpaired) electrons. The van der Waals surface area contributed by atoms with E-state index in [1.54, 1.807) is 11.7 Å². The number of hydrogen-bond acceptors (Lipinski definition) is 4. The average molecular weight is 335 g/mol. The molecule has 1 amide bonds. The van der Waals surface area contributed by atoms with Gasteiger partial charge in [-0.3, -0.25) is 4.79 Å². The second-order valence-electron chi connectivity index (χ2n) is 5.17. The van der Waals surface area contributed by atoms with Gasteiger partial charge in [0.25, 0.3) is 15.0 Å². The first kappa shape index (κ1) is 16.3. The summed E-state index contributed by atoms with van der Waals surface area (Å²) in [6.45, 7) is 2.83. The Hall–Kier alpha value is -1.05. The number of methoxy groups -OCH3 is 1. The van der Waals surface area contributed by atoms with Gasteiger partial charge in [-0.25, -0.2) is 8.42 Å². The highest BCUT2D eigenvalue weighted by Gasteiger charge is 2.37. The molecule has 1 saturated carbocycles. The molecule has 8 heteroatoms. The fourth-order valence-corrected chi connectivity index (χ4v) is 3.06. The van der Waals surface area contributed by atoms with Crippen molar-refractivity contribution in [2.75, 3.05) is 13.7 Å². The van der Waals surface area contributed by atoms with Crippen molar-refractivity contribution in [3.63, 3.8) is 0 Å². The molecular formula is C13H19ClN2O4S. The van der Waals surface area contributed by atoms with Crippen LogP contribution in [-0.4, -0.2) is 38.7 Å². The Morgan fingerprint density at radius 3 is 2.81 bits per heavy atom. The highest BCUT2D eigenvalue weighted by atomic mass is 35.7. The number of ether oxygens (including phenoxy) is 1. The molecule has 0 aromatic carbocycles. The normalized spacial score (nSPS) is 21.3. The fourth-order valence-electron chi connectivity index (χ4n) is 2.30. The molecule has 6 nitrogen and oxygen atoms in total. The number of carbonyl (C=O) groups excluding carboxylic acids is 1. The zero-order valence-electron chi connectivity index (χ0n) is 12.0. The Kier molecular flexibility index (Phi) is 4.95. The Balaban J connectivity index is 2.19. The second-order valence-corrected chi connectivity index (χ2v) is 7.74. The van der Waals surface area contributed by atoms with Crippen LogP contribution in [0.25, 0.3) is 0 Å². The molecule has 118 valence electrons. The van der Waals surface area contributed by atoms with Crippen molar-refractivity contribution in [1.29, 1.82) is 0 Å². The van der Waals surface area contributed by atoms with Crippen LogP contribution in [0.15, 0.2) is 17.2 Å². The smallest absolute Gasteiger partial charge is 0.268 e. The maximum Gasteiger partial charge on any atom is 0.268 e. The largest absolute Gasteiger partial charge is 0.383 e. The first-order chi connectivity index (χ1) is 9.86. The maximum absolute atomic E-state index is 12.3. The van der Waals surface area contributed by atoms with E-state index in [4.69, 9.17) is 15.4 Å².